The van der Waals surface area contributed by atoms with E-state index in [-0.39, 0.29) is 0 Å². The van der Waals surface area contributed by atoms with Crippen molar-refractivity contribution in [2.45, 2.75) is 19.4 Å². The van der Waals surface area contributed by atoms with Gasteiger partial charge < -0.3 is 10.1 Å². The SMILES string of the molecule is C=CCCCOc1ccc(CNC)nc1. The normalized spacial score (nSPS) is 9.93. The van der Waals surface area contributed by atoms with E-state index < -0.39 is 0 Å². The van der Waals surface area contributed by atoms with Gasteiger partial charge in [0.05, 0.1) is 18.5 Å². The zero-order chi connectivity index (χ0) is 10.9. The molecule has 0 aliphatic carbocycles. The van der Waals surface area contributed by atoms with Crippen molar-refractivity contribution >= 4 is 0 Å². The van der Waals surface area contributed by atoms with Crippen LogP contribution in [0.3, 0.4) is 0 Å². The number of aromatic nitrogens is 1. The molecule has 0 aliphatic rings. The molecule has 1 aromatic heterocycles. The van der Waals surface area contributed by atoms with Crippen LogP contribution < -0.4 is 10.1 Å². The fraction of sp³-hybridized carbons (Fsp3) is 0.417. The fourth-order valence-electron chi connectivity index (χ4n) is 1.20. The first kappa shape index (κ1) is 11.7. The second-order valence-corrected chi connectivity index (χ2v) is 3.29. The van der Waals surface area contributed by atoms with Crippen LogP contribution in [-0.2, 0) is 6.54 Å². The Labute approximate surface area is 91.2 Å². The Hall–Kier alpha value is -1.35. The molecular weight excluding hydrogens is 188 g/mol. The summed E-state index contributed by atoms with van der Waals surface area (Å²) in [4.78, 5) is 4.26. The molecule has 1 aromatic rings. The van der Waals surface area contributed by atoms with Crippen LogP contribution in [0.25, 0.3) is 0 Å². The number of ether oxygens (including phenoxy) is 1. The van der Waals surface area contributed by atoms with Crippen molar-refractivity contribution in [2.24, 2.45) is 0 Å². The Morgan fingerprint density at radius 3 is 3.00 bits per heavy atom. The number of hydrogen-bond donors (Lipinski definition) is 1. The van der Waals surface area contributed by atoms with Crippen LogP contribution in [0.4, 0.5) is 0 Å². The van der Waals surface area contributed by atoms with Crippen LogP contribution >= 0.6 is 0 Å². The van der Waals surface area contributed by atoms with Gasteiger partial charge in [0, 0.05) is 6.54 Å². The lowest BCUT2D eigenvalue weighted by Crippen LogP contribution is -2.06. The predicted molar refractivity (Wildman–Crippen MR) is 61.9 cm³/mol. The zero-order valence-electron chi connectivity index (χ0n) is 9.20. The van der Waals surface area contributed by atoms with E-state index in [4.69, 9.17) is 4.74 Å². The van der Waals surface area contributed by atoms with Gasteiger partial charge in [-0.25, -0.2) is 0 Å². The van der Waals surface area contributed by atoms with Crippen molar-refractivity contribution in [3.8, 4) is 5.75 Å². The summed E-state index contributed by atoms with van der Waals surface area (Å²) in [5.41, 5.74) is 1.02. The molecule has 0 fully saturated rings. The molecule has 0 saturated heterocycles. The van der Waals surface area contributed by atoms with Gasteiger partial charge in [-0.1, -0.05) is 6.08 Å². The number of nitrogens with one attached hydrogen (secondary N) is 1. The van der Waals surface area contributed by atoms with Crippen molar-refractivity contribution in [3.63, 3.8) is 0 Å². The minimum absolute atomic E-state index is 0.721. The van der Waals surface area contributed by atoms with E-state index in [0.29, 0.717) is 0 Å². The Bertz CT molecular complexity index is 282. The molecule has 0 unspecified atom stereocenters. The maximum Gasteiger partial charge on any atom is 0.137 e. The van der Waals surface area contributed by atoms with Gasteiger partial charge in [0.2, 0.25) is 0 Å². The standard InChI is InChI=1S/C12H18N2O/c1-3-4-5-8-15-12-7-6-11(9-13-2)14-10-12/h3,6-7,10,13H,1,4-5,8-9H2,2H3. The average molecular weight is 206 g/mol. The van der Waals surface area contributed by atoms with Crippen LogP contribution in [0.5, 0.6) is 5.75 Å². The number of allylic oxidation sites excluding steroid dienone is 1. The molecule has 82 valence electrons. The lowest BCUT2D eigenvalue weighted by Gasteiger charge is -2.05. The highest BCUT2D eigenvalue weighted by atomic mass is 16.5. The molecule has 0 saturated carbocycles. The molecule has 0 aliphatic heterocycles. The first-order chi connectivity index (χ1) is 7.36. The van der Waals surface area contributed by atoms with Gasteiger partial charge in [-0.05, 0) is 32.0 Å². The van der Waals surface area contributed by atoms with E-state index >= 15 is 0 Å². The van der Waals surface area contributed by atoms with Crippen LogP contribution in [0.15, 0.2) is 31.0 Å². The van der Waals surface area contributed by atoms with Crippen LogP contribution in [0, 0.1) is 0 Å². The number of nitrogens with zero attached hydrogens (tertiary/aromatic N) is 1. The van der Waals surface area contributed by atoms with E-state index in [2.05, 4.69) is 16.9 Å². The van der Waals surface area contributed by atoms with Crippen LogP contribution in [0.1, 0.15) is 18.5 Å². The summed E-state index contributed by atoms with van der Waals surface area (Å²) in [6, 6.07) is 3.92. The van der Waals surface area contributed by atoms with Gasteiger partial charge in [0.1, 0.15) is 5.75 Å². The summed E-state index contributed by atoms with van der Waals surface area (Å²) in [5, 5.41) is 3.05. The minimum atomic E-state index is 0.721. The van der Waals surface area contributed by atoms with Crippen LogP contribution in [0.2, 0.25) is 0 Å². The van der Waals surface area contributed by atoms with Crippen molar-refractivity contribution in [1.82, 2.24) is 10.3 Å². The van der Waals surface area contributed by atoms with Crippen molar-refractivity contribution in [1.29, 1.82) is 0 Å². The Balaban J connectivity index is 2.32. The van der Waals surface area contributed by atoms with E-state index in [1.807, 2.05) is 25.3 Å². The molecule has 0 aromatic carbocycles. The monoisotopic (exact) mass is 206 g/mol. The zero-order valence-corrected chi connectivity index (χ0v) is 9.20. The summed E-state index contributed by atoms with van der Waals surface area (Å²) >= 11 is 0. The molecule has 0 amide bonds. The van der Waals surface area contributed by atoms with Gasteiger partial charge in [-0.3, -0.25) is 4.98 Å². The molecule has 0 atom stereocenters. The highest BCUT2D eigenvalue weighted by molar-refractivity contribution is 5.19. The lowest BCUT2D eigenvalue weighted by molar-refractivity contribution is 0.310. The Kier molecular flexibility index (Phi) is 5.48. The van der Waals surface area contributed by atoms with Gasteiger partial charge in [0.25, 0.3) is 0 Å². The lowest BCUT2D eigenvalue weighted by atomic mass is 10.3. The molecular formula is C12H18N2O. The molecule has 15 heavy (non-hydrogen) atoms. The summed E-state index contributed by atoms with van der Waals surface area (Å²) in [6.45, 7) is 5.17. The Morgan fingerprint density at radius 1 is 1.53 bits per heavy atom. The highest BCUT2D eigenvalue weighted by Gasteiger charge is 1.95. The van der Waals surface area contributed by atoms with Gasteiger partial charge in [-0.2, -0.15) is 0 Å². The topological polar surface area (TPSA) is 34.1 Å². The summed E-state index contributed by atoms with van der Waals surface area (Å²) in [6.07, 6.45) is 5.66. The third-order valence-corrected chi connectivity index (χ3v) is 1.98. The largest absolute Gasteiger partial charge is 0.492 e. The third kappa shape index (κ3) is 4.61. The molecule has 3 nitrogen and oxygen atoms in total. The predicted octanol–water partition coefficient (Wildman–Crippen LogP) is 2.15. The molecule has 0 spiro atoms. The first-order valence-electron chi connectivity index (χ1n) is 5.20. The molecule has 0 radical (unpaired) electrons. The number of rotatable bonds is 7. The number of hydrogen-bond acceptors (Lipinski definition) is 3. The fourth-order valence-corrected chi connectivity index (χ4v) is 1.20. The average Bonchev–Trinajstić information content (AvgIpc) is 2.27. The third-order valence-electron chi connectivity index (χ3n) is 1.98. The molecule has 1 N–H and O–H groups in total. The van der Waals surface area contributed by atoms with Crippen molar-refractivity contribution < 1.29 is 4.74 Å². The Morgan fingerprint density at radius 2 is 2.40 bits per heavy atom. The van der Waals surface area contributed by atoms with Crippen molar-refractivity contribution in [2.75, 3.05) is 13.7 Å². The highest BCUT2D eigenvalue weighted by Crippen LogP contribution is 2.09. The van der Waals surface area contributed by atoms with E-state index in [1.165, 1.54) is 0 Å². The number of pyridine rings is 1. The second kappa shape index (κ2) is 7.01. The van der Waals surface area contributed by atoms with E-state index in [1.54, 1.807) is 6.20 Å². The maximum absolute atomic E-state index is 5.51. The molecule has 3 heteroatoms. The number of unbranched alkanes of at least 4 members (excludes halogenated alkanes) is 1. The minimum Gasteiger partial charge on any atom is -0.492 e. The van der Waals surface area contributed by atoms with E-state index in [0.717, 1.165) is 37.4 Å². The molecule has 0 bridgehead atoms. The quantitative estimate of drug-likeness (QED) is 0.548. The second-order valence-electron chi connectivity index (χ2n) is 3.29. The van der Waals surface area contributed by atoms with Gasteiger partial charge in [-0.15, -0.1) is 6.58 Å². The van der Waals surface area contributed by atoms with E-state index in [9.17, 15) is 0 Å². The molecule has 1 heterocycles. The van der Waals surface area contributed by atoms with Gasteiger partial charge in [0.15, 0.2) is 0 Å². The smallest absolute Gasteiger partial charge is 0.137 e. The summed E-state index contributed by atoms with van der Waals surface area (Å²) in [7, 11) is 1.90. The summed E-state index contributed by atoms with van der Waals surface area (Å²) in [5.74, 6) is 0.832. The van der Waals surface area contributed by atoms with Gasteiger partial charge >= 0.3 is 0 Å². The first-order valence-corrected chi connectivity index (χ1v) is 5.20. The molecule has 1 rings (SSSR count). The summed E-state index contributed by atoms with van der Waals surface area (Å²) < 4.78 is 5.51. The van der Waals surface area contributed by atoms with Crippen molar-refractivity contribution in [3.05, 3.63) is 36.7 Å². The maximum atomic E-state index is 5.51. The van der Waals surface area contributed by atoms with Crippen LogP contribution in [-0.4, -0.2) is 18.6 Å².